The number of para-hydroxylation sites is 2. The number of hydrogen-bond acceptors (Lipinski definition) is 7. The molecule has 0 unspecified atom stereocenters. The number of amides is 2. The van der Waals surface area contributed by atoms with Gasteiger partial charge in [0, 0.05) is 23.4 Å². The molecule has 1 aromatic heterocycles. The number of carbonyl (C=O) groups excluding carboxylic acids is 3. The Hall–Kier alpha value is -3.72. The van der Waals surface area contributed by atoms with Crippen molar-refractivity contribution in [3.8, 4) is 0 Å². The zero-order chi connectivity index (χ0) is 22.0. The summed E-state index contributed by atoms with van der Waals surface area (Å²) in [6.45, 7) is 0.881. The smallest absolute Gasteiger partial charge is 0.337 e. The van der Waals surface area contributed by atoms with Crippen LogP contribution in [0.5, 0.6) is 0 Å². The van der Waals surface area contributed by atoms with E-state index in [1.54, 1.807) is 53.4 Å². The number of nitrogens with one attached hydrogen (secondary N) is 1. The van der Waals surface area contributed by atoms with Crippen molar-refractivity contribution < 1.29 is 19.1 Å². The minimum atomic E-state index is -0.450. The number of aromatic nitrogens is 1. The van der Waals surface area contributed by atoms with Crippen molar-refractivity contribution in [3.05, 3.63) is 75.2 Å². The van der Waals surface area contributed by atoms with Crippen molar-refractivity contribution in [1.82, 2.24) is 9.88 Å². The second-order valence-corrected chi connectivity index (χ2v) is 8.06. The summed E-state index contributed by atoms with van der Waals surface area (Å²) in [6, 6.07) is 13.4. The topological polar surface area (TPSA) is 115 Å². The maximum atomic E-state index is 12.9. The number of nitrogens with zero attached hydrogens (tertiary/aromatic N) is 2. The summed E-state index contributed by atoms with van der Waals surface area (Å²) in [4.78, 5) is 44.1. The molecule has 3 N–H and O–H groups in total. The third kappa shape index (κ3) is 4.26. The maximum Gasteiger partial charge on any atom is 0.337 e. The molecule has 31 heavy (non-hydrogen) atoms. The second-order valence-electron chi connectivity index (χ2n) is 6.98. The number of nitrogens with two attached hydrogens (primary N) is 1. The molecule has 1 aliphatic rings. The van der Waals surface area contributed by atoms with Gasteiger partial charge in [-0.25, -0.2) is 9.78 Å². The number of rotatable bonds is 4. The Labute approximate surface area is 182 Å². The molecule has 0 atom stereocenters. The van der Waals surface area contributed by atoms with Crippen LogP contribution in [0.1, 0.15) is 41.1 Å². The van der Waals surface area contributed by atoms with Gasteiger partial charge in [-0.2, -0.15) is 0 Å². The molecule has 9 heteroatoms. The predicted octanol–water partition coefficient (Wildman–Crippen LogP) is 2.96. The fraction of sp³-hybridized carbons (Fsp3) is 0.182. The third-order valence-corrected chi connectivity index (χ3v) is 6.06. The minimum Gasteiger partial charge on any atom is -0.465 e. The summed E-state index contributed by atoms with van der Waals surface area (Å²) < 4.78 is 4.68. The molecule has 0 saturated heterocycles. The fourth-order valence-electron chi connectivity index (χ4n) is 3.30. The molecule has 0 fully saturated rings. The van der Waals surface area contributed by atoms with Crippen molar-refractivity contribution in [2.24, 2.45) is 0 Å². The first-order valence-corrected chi connectivity index (χ1v) is 10.4. The highest BCUT2D eigenvalue weighted by atomic mass is 32.1. The molecule has 0 saturated carbocycles. The van der Waals surface area contributed by atoms with Crippen LogP contribution in [0, 0.1) is 0 Å². The van der Waals surface area contributed by atoms with Crippen molar-refractivity contribution in [2.45, 2.75) is 13.0 Å². The molecule has 2 amide bonds. The number of esters is 1. The van der Waals surface area contributed by atoms with E-state index < -0.39 is 5.97 Å². The van der Waals surface area contributed by atoms with E-state index >= 15 is 0 Å². The van der Waals surface area contributed by atoms with E-state index in [0.717, 1.165) is 10.6 Å². The predicted molar refractivity (Wildman–Crippen MR) is 117 cm³/mol. The Morgan fingerprint density at radius 3 is 2.52 bits per heavy atom. The van der Waals surface area contributed by atoms with Crippen LogP contribution in [0.3, 0.4) is 0 Å². The Morgan fingerprint density at radius 1 is 1.10 bits per heavy atom. The zero-order valence-corrected chi connectivity index (χ0v) is 17.6. The number of benzene rings is 2. The monoisotopic (exact) mass is 436 g/mol. The molecule has 3 aromatic rings. The van der Waals surface area contributed by atoms with E-state index in [4.69, 9.17) is 5.73 Å². The van der Waals surface area contributed by atoms with Gasteiger partial charge < -0.3 is 20.7 Å². The summed E-state index contributed by atoms with van der Waals surface area (Å²) in [5.74, 6) is -0.915. The van der Waals surface area contributed by atoms with Gasteiger partial charge in [0.15, 0.2) is 5.01 Å². The van der Waals surface area contributed by atoms with E-state index in [9.17, 15) is 14.4 Å². The molecule has 0 bridgehead atoms. The summed E-state index contributed by atoms with van der Waals surface area (Å²) in [6.07, 6.45) is 0.568. The molecule has 0 spiro atoms. The molecule has 2 heterocycles. The van der Waals surface area contributed by atoms with E-state index in [0.29, 0.717) is 47.0 Å². The zero-order valence-electron chi connectivity index (χ0n) is 16.8. The largest absolute Gasteiger partial charge is 0.465 e. The van der Waals surface area contributed by atoms with Gasteiger partial charge in [0.05, 0.1) is 36.3 Å². The highest BCUT2D eigenvalue weighted by Crippen LogP contribution is 2.27. The molecule has 1 aliphatic heterocycles. The average molecular weight is 436 g/mol. The van der Waals surface area contributed by atoms with E-state index in [1.165, 1.54) is 18.4 Å². The number of nitrogen functional groups attached to an aromatic ring is 1. The van der Waals surface area contributed by atoms with Crippen LogP contribution in [0.15, 0.2) is 48.5 Å². The van der Waals surface area contributed by atoms with Crippen LogP contribution in [0.4, 0.5) is 11.4 Å². The van der Waals surface area contributed by atoms with Crippen LogP contribution in [-0.4, -0.2) is 41.3 Å². The first-order valence-electron chi connectivity index (χ1n) is 9.58. The first-order chi connectivity index (χ1) is 15.0. The van der Waals surface area contributed by atoms with Crippen molar-refractivity contribution in [1.29, 1.82) is 0 Å². The lowest BCUT2D eigenvalue weighted by Crippen LogP contribution is -2.35. The third-order valence-electron chi connectivity index (χ3n) is 4.97. The lowest BCUT2D eigenvalue weighted by Gasteiger charge is -2.26. The minimum absolute atomic E-state index is 0.140. The molecule has 0 aliphatic carbocycles. The average Bonchev–Trinajstić information content (AvgIpc) is 3.23. The lowest BCUT2D eigenvalue weighted by molar-refractivity contribution is 0.0599. The number of hydrogen-bond donors (Lipinski definition) is 2. The molecular formula is C22H20N4O4S. The Morgan fingerprint density at radius 2 is 1.81 bits per heavy atom. The van der Waals surface area contributed by atoms with Gasteiger partial charge in [-0.3, -0.25) is 9.59 Å². The van der Waals surface area contributed by atoms with Gasteiger partial charge in [0.2, 0.25) is 0 Å². The number of carbonyl (C=O) groups is 3. The first kappa shape index (κ1) is 20.5. The van der Waals surface area contributed by atoms with Crippen LogP contribution in [0.2, 0.25) is 0 Å². The number of anilines is 2. The van der Waals surface area contributed by atoms with Gasteiger partial charge in [-0.05, 0) is 36.4 Å². The fourth-order valence-corrected chi connectivity index (χ4v) is 4.32. The van der Waals surface area contributed by atoms with Gasteiger partial charge in [-0.1, -0.05) is 12.1 Å². The van der Waals surface area contributed by atoms with E-state index in [1.807, 2.05) is 0 Å². The highest BCUT2D eigenvalue weighted by Gasteiger charge is 2.26. The Balaban J connectivity index is 1.46. The summed E-state index contributed by atoms with van der Waals surface area (Å²) in [5.41, 5.74) is 8.60. The molecule has 8 nitrogen and oxygen atoms in total. The summed E-state index contributed by atoms with van der Waals surface area (Å²) in [7, 11) is 1.31. The van der Waals surface area contributed by atoms with Crippen molar-refractivity contribution >= 4 is 40.5 Å². The van der Waals surface area contributed by atoms with Crippen LogP contribution < -0.4 is 11.1 Å². The lowest BCUT2D eigenvalue weighted by atomic mass is 10.1. The number of methoxy groups -OCH3 is 1. The standard InChI is InChI=1S/C22H20N4O4S/c1-30-22(29)14-8-6-13(7-9-14)21(28)26-11-10-17-18(12-26)31-20(25-17)19(27)24-16-5-3-2-4-15(16)23/h2-9H,10-12,23H2,1H3,(H,24,27). The Kier molecular flexibility index (Phi) is 5.68. The quantitative estimate of drug-likeness (QED) is 0.480. The molecule has 4 rings (SSSR count). The van der Waals surface area contributed by atoms with Crippen molar-refractivity contribution in [3.63, 3.8) is 0 Å². The number of ether oxygens (including phenoxy) is 1. The number of fused-ring (bicyclic) bond motifs is 1. The summed E-state index contributed by atoms with van der Waals surface area (Å²) in [5, 5.41) is 3.12. The van der Waals surface area contributed by atoms with Crippen molar-refractivity contribution in [2.75, 3.05) is 24.7 Å². The van der Waals surface area contributed by atoms with Gasteiger partial charge in [0.25, 0.3) is 11.8 Å². The Bertz CT molecular complexity index is 1160. The van der Waals surface area contributed by atoms with Crippen LogP contribution in [-0.2, 0) is 17.7 Å². The van der Waals surface area contributed by atoms with Gasteiger partial charge >= 0.3 is 5.97 Å². The van der Waals surface area contributed by atoms with Crippen LogP contribution >= 0.6 is 11.3 Å². The van der Waals surface area contributed by atoms with Crippen LogP contribution in [0.25, 0.3) is 0 Å². The van der Waals surface area contributed by atoms with Gasteiger partial charge in [-0.15, -0.1) is 11.3 Å². The van der Waals surface area contributed by atoms with E-state index in [-0.39, 0.29) is 11.8 Å². The molecular weight excluding hydrogens is 416 g/mol. The van der Waals surface area contributed by atoms with E-state index in [2.05, 4.69) is 15.0 Å². The maximum absolute atomic E-state index is 12.9. The normalized spacial score (nSPS) is 12.7. The van der Waals surface area contributed by atoms with Gasteiger partial charge in [0.1, 0.15) is 0 Å². The number of thiazole rings is 1. The second kappa shape index (κ2) is 8.57. The highest BCUT2D eigenvalue weighted by molar-refractivity contribution is 7.13. The molecule has 2 aromatic carbocycles. The molecule has 0 radical (unpaired) electrons. The SMILES string of the molecule is COC(=O)c1ccc(C(=O)N2CCc3nc(C(=O)Nc4ccccc4N)sc3C2)cc1. The summed E-state index contributed by atoms with van der Waals surface area (Å²) >= 11 is 1.28. The molecule has 158 valence electrons.